The monoisotopic (exact) mass is 439 g/mol. The fourth-order valence-electron chi connectivity index (χ4n) is 3.39. The molecule has 0 spiro atoms. The van der Waals surface area contributed by atoms with Crippen LogP contribution >= 0.6 is 11.8 Å². The topological polar surface area (TPSA) is 83.6 Å². The molecule has 8 nitrogen and oxygen atoms in total. The molecule has 3 aromatic rings. The average Bonchev–Trinajstić information content (AvgIpc) is 3.42. The number of hydrogen-bond acceptors (Lipinski definition) is 6. The molecule has 0 atom stereocenters. The number of para-hydroxylation sites is 1. The van der Waals surface area contributed by atoms with Crippen LogP contribution in [0, 0.1) is 0 Å². The third-order valence-corrected chi connectivity index (χ3v) is 6.16. The molecule has 3 heterocycles. The van der Waals surface area contributed by atoms with E-state index >= 15 is 0 Å². The van der Waals surface area contributed by atoms with Gasteiger partial charge >= 0.3 is 0 Å². The van der Waals surface area contributed by atoms with Crippen LogP contribution in [-0.4, -0.2) is 63.9 Å². The van der Waals surface area contributed by atoms with Crippen molar-refractivity contribution in [2.45, 2.75) is 10.9 Å². The summed E-state index contributed by atoms with van der Waals surface area (Å²) in [7, 11) is 1.94. The molecule has 0 aliphatic carbocycles. The maximum absolute atomic E-state index is 12.8. The van der Waals surface area contributed by atoms with Gasteiger partial charge in [0.15, 0.2) is 10.9 Å². The Labute approximate surface area is 185 Å². The quantitative estimate of drug-likeness (QED) is 0.570. The molecule has 4 rings (SSSR count). The van der Waals surface area contributed by atoms with E-state index in [0.29, 0.717) is 44.2 Å². The molecular weight excluding hydrogens is 414 g/mol. The van der Waals surface area contributed by atoms with E-state index in [-0.39, 0.29) is 11.8 Å². The summed E-state index contributed by atoms with van der Waals surface area (Å²) in [6.45, 7) is 2.74. The van der Waals surface area contributed by atoms with Gasteiger partial charge in [-0.1, -0.05) is 30.0 Å². The molecule has 0 unspecified atom stereocenters. The molecule has 31 heavy (non-hydrogen) atoms. The Morgan fingerprint density at radius 1 is 1.10 bits per heavy atom. The van der Waals surface area contributed by atoms with E-state index in [1.807, 2.05) is 54.2 Å². The Kier molecular flexibility index (Phi) is 6.73. The number of imidazole rings is 1. The Morgan fingerprint density at radius 2 is 1.87 bits per heavy atom. The Morgan fingerprint density at radius 3 is 2.58 bits per heavy atom. The minimum atomic E-state index is -0.110. The van der Waals surface area contributed by atoms with Crippen molar-refractivity contribution in [2.75, 3.05) is 38.0 Å². The molecule has 162 valence electrons. The molecule has 9 heteroatoms. The summed E-state index contributed by atoms with van der Waals surface area (Å²) in [6.07, 6.45) is 3.65. The van der Waals surface area contributed by atoms with Gasteiger partial charge in [-0.05, 0) is 24.3 Å². The van der Waals surface area contributed by atoms with Crippen molar-refractivity contribution in [1.82, 2.24) is 19.4 Å². The third-order valence-electron chi connectivity index (χ3n) is 5.08. The van der Waals surface area contributed by atoms with Gasteiger partial charge in [-0.2, -0.15) is 0 Å². The number of rotatable bonds is 7. The number of amides is 2. The molecule has 2 amide bonds. The van der Waals surface area contributed by atoms with Crippen molar-refractivity contribution < 1.29 is 14.0 Å². The van der Waals surface area contributed by atoms with Crippen LogP contribution in [0.2, 0.25) is 0 Å². The van der Waals surface area contributed by atoms with E-state index in [1.165, 1.54) is 0 Å². The molecular formula is C22H25N5O3S. The van der Waals surface area contributed by atoms with Crippen LogP contribution in [0.15, 0.2) is 64.4 Å². The highest BCUT2D eigenvalue weighted by atomic mass is 32.2. The summed E-state index contributed by atoms with van der Waals surface area (Å²) in [5.74, 6) is 1.55. The first-order valence-corrected chi connectivity index (χ1v) is 11.1. The van der Waals surface area contributed by atoms with Crippen molar-refractivity contribution in [3.63, 3.8) is 0 Å². The van der Waals surface area contributed by atoms with Crippen molar-refractivity contribution in [3.05, 3.63) is 66.4 Å². The number of nitrogens with one attached hydrogen (secondary N) is 1. The van der Waals surface area contributed by atoms with Gasteiger partial charge < -0.3 is 19.2 Å². The number of piperazine rings is 1. The smallest absolute Gasteiger partial charge is 0.289 e. The maximum atomic E-state index is 12.8. The molecule has 1 aliphatic rings. The lowest BCUT2D eigenvalue weighted by molar-refractivity contribution is -0.117. The second-order valence-electron chi connectivity index (χ2n) is 7.36. The lowest BCUT2D eigenvalue weighted by Gasteiger charge is -2.33. The first kappa shape index (κ1) is 21.2. The van der Waals surface area contributed by atoms with E-state index in [1.54, 1.807) is 28.9 Å². The molecule has 0 bridgehead atoms. The average molecular weight is 440 g/mol. The zero-order valence-corrected chi connectivity index (χ0v) is 18.2. The van der Waals surface area contributed by atoms with Crippen LogP contribution in [0.25, 0.3) is 0 Å². The van der Waals surface area contributed by atoms with Gasteiger partial charge in [0.2, 0.25) is 5.91 Å². The van der Waals surface area contributed by atoms with Crippen molar-refractivity contribution in [2.24, 2.45) is 7.05 Å². The highest BCUT2D eigenvalue weighted by molar-refractivity contribution is 7.98. The fraction of sp³-hybridized carbons (Fsp3) is 0.318. The lowest BCUT2D eigenvalue weighted by Crippen LogP contribution is -2.50. The van der Waals surface area contributed by atoms with E-state index in [0.717, 1.165) is 16.6 Å². The van der Waals surface area contributed by atoms with E-state index in [9.17, 15) is 9.59 Å². The van der Waals surface area contributed by atoms with Crippen LogP contribution in [0.5, 0.6) is 0 Å². The minimum absolute atomic E-state index is 0.0492. The van der Waals surface area contributed by atoms with Gasteiger partial charge in [0.05, 0.1) is 12.3 Å². The van der Waals surface area contributed by atoms with E-state index < -0.39 is 0 Å². The van der Waals surface area contributed by atoms with E-state index in [2.05, 4.69) is 15.2 Å². The van der Waals surface area contributed by atoms with Crippen LogP contribution in [0.1, 0.15) is 16.3 Å². The lowest BCUT2D eigenvalue weighted by atomic mass is 10.2. The number of hydrogen-bond donors (Lipinski definition) is 1. The normalized spacial score (nSPS) is 14.5. The van der Waals surface area contributed by atoms with Gasteiger partial charge in [0.1, 0.15) is 5.76 Å². The Hall–Kier alpha value is -3.04. The number of anilines is 1. The second kappa shape index (κ2) is 9.84. The fourth-order valence-corrected chi connectivity index (χ4v) is 4.21. The number of furan rings is 1. The molecule has 1 aliphatic heterocycles. The zero-order chi connectivity index (χ0) is 21.6. The Balaban J connectivity index is 1.23. The maximum Gasteiger partial charge on any atom is 0.289 e. The summed E-state index contributed by atoms with van der Waals surface area (Å²) in [4.78, 5) is 33.1. The summed E-state index contributed by atoms with van der Waals surface area (Å²) in [5, 5.41) is 3.79. The molecule has 0 radical (unpaired) electrons. The molecule has 1 N–H and O–H groups in total. The summed E-state index contributed by atoms with van der Waals surface area (Å²) < 4.78 is 7.71. The number of thioether (sulfide) groups is 1. The van der Waals surface area contributed by atoms with Crippen molar-refractivity contribution in [1.29, 1.82) is 0 Å². The van der Waals surface area contributed by atoms with Crippen LogP contribution in [-0.2, 0) is 17.6 Å². The highest BCUT2D eigenvalue weighted by Gasteiger charge is 2.25. The van der Waals surface area contributed by atoms with Gasteiger partial charge in [-0.25, -0.2) is 4.98 Å². The molecule has 1 saturated heterocycles. The number of benzene rings is 1. The predicted octanol–water partition coefficient (Wildman–Crippen LogP) is 2.70. The highest BCUT2D eigenvalue weighted by Crippen LogP contribution is 2.22. The number of aromatic nitrogens is 2. The van der Waals surface area contributed by atoms with Gasteiger partial charge in [0, 0.05) is 51.3 Å². The summed E-state index contributed by atoms with van der Waals surface area (Å²) in [5.41, 5.74) is 0.788. The van der Waals surface area contributed by atoms with Gasteiger partial charge in [-0.3, -0.25) is 14.5 Å². The predicted molar refractivity (Wildman–Crippen MR) is 119 cm³/mol. The molecule has 0 saturated carbocycles. The first-order chi connectivity index (χ1) is 15.1. The van der Waals surface area contributed by atoms with E-state index in [4.69, 9.17) is 4.42 Å². The summed E-state index contributed by atoms with van der Waals surface area (Å²) >= 11 is 1.56. The number of nitrogens with zero attached hydrogens (tertiary/aromatic N) is 4. The Bertz CT molecular complexity index is 1020. The minimum Gasteiger partial charge on any atom is -0.455 e. The van der Waals surface area contributed by atoms with Crippen LogP contribution in [0.4, 0.5) is 5.69 Å². The second-order valence-corrected chi connectivity index (χ2v) is 8.30. The number of carbonyl (C=O) groups excluding carboxylic acids is 2. The zero-order valence-electron chi connectivity index (χ0n) is 17.4. The van der Waals surface area contributed by atoms with Crippen LogP contribution < -0.4 is 5.32 Å². The SMILES string of the molecule is Cn1ccnc1SCc1ccc(C(=O)N2CCN(CC(=O)Nc3ccccc3)CC2)o1. The summed E-state index contributed by atoms with van der Waals surface area (Å²) in [6, 6.07) is 13.0. The molecule has 1 fully saturated rings. The molecule has 2 aromatic heterocycles. The standard InChI is InChI=1S/C22H25N5O3S/c1-25-10-9-23-22(25)31-16-18-7-8-19(30-18)21(29)27-13-11-26(12-14-27)15-20(28)24-17-5-3-2-4-6-17/h2-10H,11-16H2,1H3,(H,24,28). The largest absolute Gasteiger partial charge is 0.455 e. The van der Waals surface area contributed by atoms with Crippen molar-refractivity contribution >= 4 is 29.3 Å². The van der Waals surface area contributed by atoms with Crippen molar-refractivity contribution in [3.8, 4) is 0 Å². The van der Waals surface area contributed by atoms with Gasteiger partial charge in [0.25, 0.3) is 5.91 Å². The number of aryl methyl sites for hydroxylation is 1. The van der Waals surface area contributed by atoms with Crippen LogP contribution in [0.3, 0.4) is 0 Å². The first-order valence-electron chi connectivity index (χ1n) is 10.1. The number of carbonyl (C=O) groups is 2. The molecule has 1 aromatic carbocycles. The third kappa shape index (κ3) is 5.56. The van der Waals surface area contributed by atoms with Gasteiger partial charge in [-0.15, -0.1) is 0 Å².